The lowest BCUT2D eigenvalue weighted by Crippen LogP contribution is -2.24. The first-order chi connectivity index (χ1) is 12.5. The zero-order valence-electron chi connectivity index (χ0n) is 15.6. The molecule has 0 aliphatic heterocycles. The molecule has 7 heteroatoms. The quantitative estimate of drug-likeness (QED) is 0.456. The van der Waals surface area contributed by atoms with Crippen molar-refractivity contribution in [2.45, 2.75) is 57.5 Å². The molecule has 3 aromatic rings. The summed E-state index contributed by atoms with van der Waals surface area (Å²) in [5.41, 5.74) is 0.721. The van der Waals surface area contributed by atoms with Crippen LogP contribution in [0.4, 0.5) is 0 Å². The third-order valence-electron chi connectivity index (χ3n) is 4.19. The molecule has 0 saturated heterocycles. The third-order valence-corrected chi connectivity index (χ3v) is 5.26. The molecule has 0 saturated carbocycles. The fourth-order valence-electron chi connectivity index (χ4n) is 2.61. The Morgan fingerprint density at radius 3 is 2.65 bits per heavy atom. The molecule has 2 heterocycles. The highest BCUT2D eigenvalue weighted by molar-refractivity contribution is 7.99. The van der Waals surface area contributed by atoms with Crippen molar-refractivity contribution < 1.29 is 4.52 Å². The van der Waals surface area contributed by atoms with Crippen LogP contribution in [-0.2, 0) is 13.0 Å². The Hall–Kier alpha value is -2.15. The van der Waals surface area contributed by atoms with Gasteiger partial charge in [0.15, 0.2) is 11.0 Å². The SMILES string of the molecule is CCc1noc(C(C)Sc2nc3ccccc3c(=O)n2CCC(C)C)n1. The van der Waals surface area contributed by atoms with Gasteiger partial charge >= 0.3 is 0 Å². The van der Waals surface area contributed by atoms with E-state index in [4.69, 9.17) is 9.51 Å². The largest absolute Gasteiger partial charge is 0.338 e. The van der Waals surface area contributed by atoms with Gasteiger partial charge in [-0.1, -0.05) is 49.8 Å². The Morgan fingerprint density at radius 1 is 1.19 bits per heavy atom. The first-order valence-corrected chi connectivity index (χ1v) is 9.86. The van der Waals surface area contributed by atoms with Crippen LogP contribution in [0.25, 0.3) is 10.9 Å². The minimum Gasteiger partial charge on any atom is -0.338 e. The number of aryl methyl sites for hydroxylation is 1. The van der Waals surface area contributed by atoms with Crippen molar-refractivity contribution in [2.24, 2.45) is 5.92 Å². The molecule has 1 unspecified atom stereocenters. The molecule has 26 heavy (non-hydrogen) atoms. The van der Waals surface area contributed by atoms with Crippen molar-refractivity contribution in [1.82, 2.24) is 19.7 Å². The number of fused-ring (bicyclic) bond motifs is 1. The molecule has 0 aliphatic carbocycles. The van der Waals surface area contributed by atoms with E-state index in [-0.39, 0.29) is 10.8 Å². The van der Waals surface area contributed by atoms with Gasteiger partial charge in [-0.05, 0) is 31.4 Å². The molecule has 0 radical (unpaired) electrons. The second kappa shape index (κ2) is 8.03. The van der Waals surface area contributed by atoms with E-state index in [1.54, 1.807) is 4.57 Å². The molecule has 3 rings (SSSR count). The predicted molar refractivity (Wildman–Crippen MR) is 103 cm³/mol. The molecule has 6 nitrogen and oxygen atoms in total. The average Bonchev–Trinajstić information content (AvgIpc) is 3.10. The number of hydrogen-bond acceptors (Lipinski definition) is 6. The standard InChI is InChI=1S/C19H24N4O2S/c1-5-16-21-17(25-22-16)13(4)26-19-20-15-9-7-6-8-14(15)18(24)23(19)11-10-12(2)3/h6-9,12-13H,5,10-11H2,1-4H3. The molecule has 138 valence electrons. The molecule has 0 N–H and O–H groups in total. The summed E-state index contributed by atoms with van der Waals surface area (Å²) in [4.78, 5) is 22.1. The fourth-order valence-corrected chi connectivity index (χ4v) is 3.57. The van der Waals surface area contributed by atoms with E-state index in [1.807, 2.05) is 38.1 Å². The Morgan fingerprint density at radius 2 is 1.96 bits per heavy atom. The van der Waals surface area contributed by atoms with Crippen LogP contribution in [0, 0.1) is 5.92 Å². The second-order valence-corrected chi connectivity index (χ2v) is 8.02. The molecule has 1 aromatic carbocycles. The maximum Gasteiger partial charge on any atom is 0.262 e. The summed E-state index contributed by atoms with van der Waals surface area (Å²) in [6, 6.07) is 7.48. The monoisotopic (exact) mass is 372 g/mol. The minimum absolute atomic E-state index is 0.00530. The highest BCUT2D eigenvalue weighted by atomic mass is 32.2. The lowest BCUT2D eigenvalue weighted by Gasteiger charge is -2.15. The molecular formula is C19H24N4O2S. The normalized spacial score (nSPS) is 12.8. The lowest BCUT2D eigenvalue weighted by molar-refractivity contribution is 0.375. The van der Waals surface area contributed by atoms with Crippen LogP contribution >= 0.6 is 11.8 Å². The minimum atomic E-state index is -0.0823. The predicted octanol–water partition coefficient (Wildman–Crippen LogP) is 4.24. The van der Waals surface area contributed by atoms with Gasteiger partial charge in [0, 0.05) is 13.0 Å². The van der Waals surface area contributed by atoms with Gasteiger partial charge in [-0.3, -0.25) is 9.36 Å². The Balaban J connectivity index is 1.99. The third kappa shape index (κ3) is 3.98. The Kier molecular flexibility index (Phi) is 5.76. The fraction of sp³-hybridized carbons (Fsp3) is 0.474. The van der Waals surface area contributed by atoms with Gasteiger partial charge in [0.1, 0.15) is 0 Å². The van der Waals surface area contributed by atoms with Gasteiger partial charge in [0.05, 0.1) is 16.2 Å². The van der Waals surface area contributed by atoms with E-state index >= 15 is 0 Å². The lowest BCUT2D eigenvalue weighted by atomic mass is 10.1. The smallest absolute Gasteiger partial charge is 0.262 e. The van der Waals surface area contributed by atoms with Gasteiger partial charge in [-0.2, -0.15) is 4.98 Å². The molecule has 0 fully saturated rings. The topological polar surface area (TPSA) is 73.8 Å². The van der Waals surface area contributed by atoms with Crippen molar-refractivity contribution in [3.63, 3.8) is 0 Å². The van der Waals surface area contributed by atoms with Crippen LogP contribution in [0.5, 0.6) is 0 Å². The van der Waals surface area contributed by atoms with Crippen molar-refractivity contribution >= 4 is 22.7 Å². The van der Waals surface area contributed by atoms with E-state index in [2.05, 4.69) is 24.0 Å². The molecule has 1 atom stereocenters. The number of para-hydroxylation sites is 1. The first-order valence-electron chi connectivity index (χ1n) is 8.98. The number of hydrogen-bond donors (Lipinski definition) is 0. The molecule has 0 bridgehead atoms. The van der Waals surface area contributed by atoms with Crippen LogP contribution in [0.3, 0.4) is 0 Å². The van der Waals surface area contributed by atoms with E-state index < -0.39 is 0 Å². The van der Waals surface area contributed by atoms with Crippen molar-refractivity contribution in [2.75, 3.05) is 0 Å². The van der Waals surface area contributed by atoms with Gasteiger partial charge in [-0.15, -0.1) is 0 Å². The first kappa shape index (κ1) is 18.6. The molecule has 0 aliphatic rings. The van der Waals surface area contributed by atoms with Gasteiger partial charge in [0.25, 0.3) is 5.56 Å². The van der Waals surface area contributed by atoms with Crippen LogP contribution in [0.2, 0.25) is 0 Å². The van der Waals surface area contributed by atoms with E-state index in [0.29, 0.717) is 40.2 Å². The summed E-state index contributed by atoms with van der Waals surface area (Å²) in [7, 11) is 0. The van der Waals surface area contributed by atoms with Gasteiger partial charge in [0.2, 0.25) is 5.89 Å². The van der Waals surface area contributed by atoms with Crippen LogP contribution < -0.4 is 5.56 Å². The number of aromatic nitrogens is 4. The zero-order chi connectivity index (χ0) is 18.7. The average molecular weight is 372 g/mol. The summed E-state index contributed by atoms with van der Waals surface area (Å²) in [5, 5.41) is 5.22. The molecular weight excluding hydrogens is 348 g/mol. The van der Waals surface area contributed by atoms with Gasteiger partial charge < -0.3 is 4.52 Å². The maximum atomic E-state index is 13.0. The number of rotatable bonds is 7. The molecule has 2 aromatic heterocycles. The maximum absolute atomic E-state index is 13.0. The number of benzene rings is 1. The highest BCUT2D eigenvalue weighted by Crippen LogP contribution is 2.33. The summed E-state index contributed by atoms with van der Waals surface area (Å²) in [6.07, 6.45) is 1.65. The van der Waals surface area contributed by atoms with Crippen molar-refractivity contribution in [1.29, 1.82) is 0 Å². The summed E-state index contributed by atoms with van der Waals surface area (Å²) < 4.78 is 7.13. The second-order valence-electron chi connectivity index (χ2n) is 6.71. The highest BCUT2D eigenvalue weighted by Gasteiger charge is 2.20. The summed E-state index contributed by atoms with van der Waals surface area (Å²) in [6.45, 7) is 8.93. The molecule has 0 amide bonds. The van der Waals surface area contributed by atoms with Gasteiger partial charge in [-0.25, -0.2) is 4.98 Å². The van der Waals surface area contributed by atoms with Crippen LogP contribution in [-0.4, -0.2) is 19.7 Å². The zero-order valence-corrected chi connectivity index (χ0v) is 16.4. The number of thioether (sulfide) groups is 1. The van der Waals surface area contributed by atoms with Crippen LogP contribution in [0.1, 0.15) is 51.1 Å². The molecule has 0 spiro atoms. The van der Waals surface area contributed by atoms with E-state index in [0.717, 1.165) is 12.8 Å². The summed E-state index contributed by atoms with van der Waals surface area (Å²) >= 11 is 1.48. The van der Waals surface area contributed by atoms with Crippen LogP contribution in [0.15, 0.2) is 38.7 Å². The van der Waals surface area contributed by atoms with E-state index in [1.165, 1.54) is 11.8 Å². The Bertz CT molecular complexity index is 948. The van der Waals surface area contributed by atoms with E-state index in [9.17, 15) is 4.79 Å². The van der Waals surface area contributed by atoms with Crippen molar-refractivity contribution in [3.05, 3.63) is 46.3 Å². The van der Waals surface area contributed by atoms with Crippen molar-refractivity contribution in [3.8, 4) is 0 Å². The number of nitrogens with zero attached hydrogens (tertiary/aromatic N) is 4. The Labute approximate surface area is 157 Å². The summed E-state index contributed by atoms with van der Waals surface area (Å²) in [5.74, 6) is 1.76.